The lowest BCUT2D eigenvalue weighted by Crippen LogP contribution is -1.89. The first kappa shape index (κ1) is 12.1. The molecule has 0 aromatic heterocycles. The molecule has 0 radical (unpaired) electrons. The molecule has 0 aromatic carbocycles. The minimum atomic E-state index is -4.67. The van der Waals surface area contributed by atoms with Crippen LogP contribution in [-0.2, 0) is 10.4 Å². The van der Waals surface area contributed by atoms with Crippen molar-refractivity contribution in [2.24, 2.45) is 0 Å². The van der Waals surface area contributed by atoms with Gasteiger partial charge in [-0.3, -0.25) is 9.11 Å². The second-order valence-corrected chi connectivity index (χ2v) is 2.83. The topological polar surface area (TPSA) is 74.6 Å². The normalized spacial score (nSPS) is 9.78. The third-order valence-corrected chi connectivity index (χ3v) is 0.982. The van der Waals surface area contributed by atoms with E-state index in [0.29, 0.717) is 0 Å². The third kappa shape index (κ3) is 185. The highest BCUT2D eigenvalue weighted by molar-refractivity contribution is 9.09. The molecule has 0 aliphatic heterocycles. The maximum Gasteiger partial charge on any atom is 0.394 e. The van der Waals surface area contributed by atoms with Crippen LogP contribution in [0.4, 0.5) is 0 Å². The fourth-order valence-electron chi connectivity index (χ4n) is 0. The van der Waals surface area contributed by atoms with Crippen molar-refractivity contribution in [3.8, 4) is 0 Å². The van der Waals surface area contributed by atoms with Crippen LogP contribution in [0.1, 0.15) is 13.3 Å². The molecule has 0 rings (SSSR count). The maximum atomic E-state index is 8.74. The number of halogens is 1. The van der Waals surface area contributed by atoms with Crippen molar-refractivity contribution in [2.75, 3.05) is 5.33 Å². The van der Waals surface area contributed by atoms with E-state index in [0.717, 1.165) is 5.33 Å². The number of rotatable bonds is 1. The first-order chi connectivity index (χ1) is 3.91. The van der Waals surface area contributed by atoms with E-state index in [9.17, 15) is 0 Å². The van der Waals surface area contributed by atoms with Gasteiger partial charge in [-0.2, -0.15) is 8.42 Å². The van der Waals surface area contributed by atoms with E-state index < -0.39 is 10.4 Å². The third-order valence-electron chi connectivity index (χ3n) is 0.189. The lowest BCUT2D eigenvalue weighted by atomic mass is 10.6. The monoisotopic (exact) mass is 220 g/mol. The molecule has 0 saturated heterocycles. The lowest BCUT2D eigenvalue weighted by molar-refractivity contribution is 0.381. The van der Waals surface area contributed by atoms with Gasteiger partial charge in [0.15, 0.2) is 0 Å². The molecule has 0 aliphatic carbocycles. The molecule has 0 atom stereocenters. The van der Waals surface area contributed by atoms with Crippen molar-refractivity contribution in [2.45, 2.75) is 13.3 Å². The molecular weight excluding hydrogens is 212 g/mol. The molecule has 2 N–H and O–H groups in total. The zero-order valence-electron chi connectivity index (χ0n) is 4.91. The largest absolute Gasteiger partial charge is 0.394 e. The van der Waals surface area contributed by atoms with Gasteiger partial charge in [-0.25, -0.2) is 0 Å². The molecule has 0 spiro atoms. The second kappa shape index (κ2) is 6.47. The van der Waals surface area contributed by atoms with Gasteiger partial charge in [-0.05, 0) is 6.42 Å². The number of alkyl halides is 1. The van der Waals surface area contributed by atoms with Crippen LogP contribution >= 0.6 is 15.9 Å². The Morgan fingerprint density at radius 2 is 1.56 bits per heavy atom. The SMILES string of the molecule is CCCBr.O=S(=O)(O)O. The first-order valence-corrected chi connectivity index (χ1v) is 4.69. The van der Waals surface area contributed by atoms with Gasteiger partial charge in [0.2, 0.25) is 0 Å². The molecule has 0 aromatic rings. The molecule has 4 nitrogen and oxygen atoms in total. The average Bonchev–Trinajstić information content (AvgIpc) is 1.61. The van der Waals surface area contributed by atoms with E-state index in [1.54, 1.807) is 0 Å². The molecule has 0 unspecified atom stereocenters. The van der Waals surface area contributed by atoms with Crippen LogP contribution < -0.4 is 0 Å². The van der Waals surface area contributed by atoms with Gasteiger partial charge in [-0.15, -0.1) is 0 Å². The van der Waals surface area contributed by atoms with Crippen LogP contribution in [0.15, 0.2) is 0 Å². The smallest absolute Gasteiger partial charge is 0.264 e. The van der Waals surface area contributed by atoms with Crippen LogP contribution in [0.5, 0.6) is 0 Å². The van der Waals surface area contributed by atoms with E-state index in [4.69, 9.17) is 17.5 Å². The Kier molecular flexibility index (Phi) is 8.67. The summed E-state index contributed by atoms with van der Waals surface area (Å²) in [7, 11) is -4.67. The van der Waals surface area contributed by atoms with Gasteiger partial charge in [0, 0.05) is 5.33 Å². The zero-order chi connectivity index (χ0) is 7.91. The molecule has 0 saturated carbocycles. The molecule has 6 heteroatoms. The van der Waals surface area contributed by atoms with Crippen LogP contribution in [0.3, 0.4) is 0 Å². The number of hydrogen-bond acceptors (Lipinski definition) is 2. The van der Waals surface area contributed by atoms with Crippen molar-refractivity contribution in [3.05, 3.63) is 0 Å². The minimum Gasteiger partial charge on any atom is -0.264 e. The van der Waals surface area contributed by atoms with Crippen molar-refractivity contribution >= 4 is 26.3 Å². The second-order valence-electron chi connectivity index (χ2n) is 1.14. The predicted octanol–water partition coefficient (Wildman–Crippen LogP) is 1.14. The summed E-state index contributed by atoms with van der Waals surface area (Å²) in [5, 5.41) is 1.13. The highest BCUT2D eigenvalue weighted by Gasteiger charge is 1.84. The van der Waals surface area contributed by atoms with Gasteiger partial charge in [-0.1, -0.05) is 22.9 Å². The first-order valence-electron chi connectivity index (χ1n) is 2.17. The highest BCUT2D eigenvalue weighted by Crippen LogP contribution is 1.80. The Hall–Kier alpha value is 0.350. The van der Waals surface area contributed by atoms with E-state index in [2.05, 4.69) is 22.9 Å². The standard InChI is InChI=1S/C3H7Br.H2O4S/c1-2-3-4;1-5(2,3)4/h2-3H2,1H3;(H2,1,2,3,4). The summed E-state index contributed by atoms with van der Waals surface area (Å²) in [4.78, 5) is 0. The van der Waals surface area contributed by atoms with Gasteiger partial charge in [0.25, 0.3) is 0 Å². The van der Waals surface area contributed by atoms with Gasteiger partial charge in [0.1, 0.15) is 0 Å². The Morgan fingerprint density at radius 3 is 1.56 bits per heavy atom. The van der Waals surface area contributed by atoms with Crippen LogP contribution in [0.2, 0.25) is 0 Å². The average molecular weight is 221 g/mol. The fraction of sp³-hybridized carbons (Fsp3) is 1.00. The summed E-state index contributed by atoms with van der Waals surface area (Å²) >= 11 is 3.25. The summed E-state index contributed by atoms with van der Waals surface area (Å²) in [6.45, 7) is 2.13. The van der Waals surface area contributed by atoms with Crippen LogP contribution in [0.25, 0.3) is 0 Å². The lowest BCUT2D eigenvalue weighted by Gasteiger charge is -1.68. The van der Waals surface area contributed by atoms with Crippen molar-refractivity contribution in [3.63, 3.8) is 0 Å². The minimum absolute atomic E-state index is 1.13. The van der Waals surface area contributed by atoms with E-state index in [1.807, 2.05) is 0 Å². The quantitative estimate of drug-likeness (QED) is 0.514. The summed E-state index contributed by atoms with van der Waals surface area (Å²) in [6, 6.07) is 0. The molecule has 0 heterocycles. The van der Waals surface area contributed by atoms with E-state index in [-0.39, 0.29) is 0 Å². The van der Waals surface area contributed by atoms with Gasteiger partial charge in [0.05, 0.1) is 0 Å². The molecular formula is C3H9BrO4S. The van der Waals surface area contributed by atoms with E-state index >= 15 is 0 Å². The Morgan fingerprint density at radius 1 is 1.44 bits per heavy atom. The molecule has 0 fully saturated rings. The Labute approximate surface area is 63.0 Å². The predicted molar refractivity (Wildman–Crippen MR) is 38.3 cm³/mol. The maximum absolute atomic E-state index is 8.74. The molecule has 9 heavy (non-hydrogen) atoms. The molecule has 0 amide bonds. The van der Waals surface area contributed by atoms with Crippen LogP contribution in [-0.4, -0.2) is 22.9 Å². The van der Waals surface area contributed by atoms with Crippen molar-refractivity contribution < 1.29 is 17.5 Å². The van der Waals surface area contributed by atoms with Crippen LogP contribution in [0, 0.1) is 0 Å². The Balaban J connectivity index is 0. The Bertz CT molecular complexity index is 119. The van der Waals surface area contributed by atoms with Gasteiger partial charge >= 0.3 is 10.4 Å². The summed E-state index contributed by atoms with van der Waals surface area (Å²) in [6.07, 6.45) is 1.24. The molecule has 0 bridgehead atoms. The van der Waals surface area contributed by atoms with Crippen molar-refractivity contribution in [1.29, 1.82) is 0 Å². The molecule has 58 valence electrons. The summed E-state index contributed by atoms with van der Waals surface area (Å²) in [5.74, 6) is 0. The summed E-state index contributed by atoms with van der Waals surface area (Å²) < 4.78 is 31.6. The fourth-order valence-corrected chi connectivity index (χ4v) is 0. The zero-order valence-corrected chi connectivity index (χ0v) is 7.31. The summed E-state index contributed by atoms with van der Waals surface area (Å²) in [5.41, 5.74) is 0. The molecule has 0 aliphatic rings. The van der Waals surface area contributed by atoms with Gasteiger partial charge < -0.3 is 0 Å². The highest BCUT2D eigenvalue weighted by atomic mass is 79.9. The van der Waals surface area contributed by atoms with E-state index in [1.165, 1.54) is 6.42 Å². The van der Waals surface area contributed by atoms with Crippen molar-refractivity contribution in [1.82, 2.24) is 0 Å². The number of hydrogen-bond donors (Lipinski definition) is 2.